The minimum absolute atomic E-state index is 0.117. The first kappa shape index (κ1) is 20.9. The van der Waals surface area contributed by atoms with Crippen molar-refractivity contribution in [1.29, 1.82) is 0 Å². The van der Waals surface area contributed by atoms with Gasteiger partial charge in [0.25, 0.3) is 0 Å². The smallest absolute Gasteiger partial charge is 0.227 e. The molecule has 0 bridgehead atoms. The SMILES string of the molecule is CC(=O)NC(CC(=O)Nc1sc2c(c1-c1nc3ccccc3[nH]1)CCCC2)c1cccs1. The van der Waals surface area contributed by atoms with Gasteiger partial charge in [-0.1, -0.05) is 18.2 Å². The summed E-state index contributed by atoms with van der Waals surface area (Å²) < 4.78 is 0. The second kappa shape index (κ2) is 8.88. The Balaban J connectivity index is 1.46. The number of amides is 2. The van der Waals surface area contributed by atoms with Crippen molar-refractivity contribution in [2.24, 2.45) is 0 Å². The fourth-order valence-electron chi connectivity index (χ4n) is 4.30. The maximum absolute atomic E-state index is 13.1. The highest BCUT2D eigenvalue weighted by atomic mass is 32.1. The molecule has 1 atom stereocenters. The first-order chi connectivity index (χ1) is 15.6. The molecule has 0 saturated heterocycles. The van der Waals surface area contributed by atoms with Gasteiger partial charge >= 0.3 is 0 Å². The summed E-state index contributed by atoms with van der Waals surface area (Å²) in [6.07, 6.45) is 4.53. The molecule has 0 fully saturated rings. The van der Waals surface area contributed by atoms with E-state index in [1.54, 1.807) is 11.3 Å². The second-order valence-corrected chi connectivity index (χ2v) is 10.1. The Morgan fingerprint density at radius 3 is 2.78 bits per heavy atom. The van der Waals surface area contributed by atoms with Gasteiger partial charge in [-0.2, -0.15) is 0 Å². The van der Waals surface area contributed by atoms with E-state index in [0.29, 0.717) is 0 Å². The van der Waals surface area contributed by atoms with Gasteiger partial charge in [0.15, 0.2) is 0 Å². The van der Waals surface area contributed by atoms with E-state index in [0.717, 1.165) is 51.6 Å². The first-order valence-electron chi connectivity index (χ1n) is 10.8. The molecule has 4 aromatic rings. The van der Waals surface area contributed by atoms with Crippen LogP contribution >= 0.6 is 22.7 Å². The number of aromatic nitrogens is 2. The van der Waals surface area contributed by atoms with Gasteiger partial charge in [0, 0.05) is 16.7 Å². The number of H-pyrrole nitrogens is 1. The number of carbonyl (C=O) groups excluding carboxylic acids is 2. The second-order valence-electron chi connectivity index (χ2n) is 8.04. The van der Waals surface area contributed by atoms with Crippen molar-refractivity contribution >= 4 is 50.5 Å². The van der Waals surface area contributed by atoms with E-state index < -0.39 is 0 Å². The molecule has 1 aliphatic carbocycles. The molecule has 3 heterocycles. The summed E-state index contributed by atoms with van der Waals surface area (Å²) in [7, 11) is 0. The third-order valence-corrected chi connectivity index (χ3v) is 7.90. The molecule has 5 rings (SSSR count). The standard InChI is InChI=1S/C24H24N4O2S2/c1-14(29)25-18(20-11-6-12-31-20)13-21(30)28-24-22(15-7-2-5-10-19(15)32-24)23-26-16-8-3-4-9-17(16)27-23/h3-4,6,8-9,11-12,18H,2,5,7,10,13H2,1H3,(H,25,29)(H,26,27)(H,28,30). The van der Waals surface area contributed by atoms with Crippen LogP contribution in [0.3, 0.4) is 0 Å². The zero-order valence-electron chi connectivity index (χ0n) is 17.7. The van der Waals surface area contributed by atoms with Crippen molar-refractivity contribution in [3.63, 3.8) is 0 Å². The van der Waals surface area contributed by atoms with Gasteiger partial charge in [0.2, 0.25) is 11.8 Å². The summed E-state index contributed by atoms with van der Waals surface area (Å²) in [6.45, 7) is 1.48. The number of rotatable bonds is 6. The average Bonchev–Trinajstić information content (AvgIpc) is 3.50. The van der Waals surface area contributed by atoms with Crippen molar-refractivity contribution in [2.45, 2.75) is 45.1 Å². The van der Waals surface area contributed by atoms with E-state index in [2.05, 4.69) is 15.6 Å². The lowest BCUT2D eigenvalue weighted by atomic mass is 9.95. The highest BCUT2D eigenvalue weighted by Crippen LogP contribution is 2.44. The normalized spacial score (nSPS) is 14.2. The number of aromatic amines is 1. The fourth-order valence-corrected chi connectivity index (χ4v) is 6.38. The lowest BCUT2D eigenvalue weighted by molar-refractivity contribution is -0.120. The number of carbonyl (C=O) groups is 2. The van der Waals surface area contributed by atoms with Gasteiger partial charge in [-0.05, 0) is 54.8 Å². The number of nitrogens with one attached hydrogen (secondary N) is 3. The van der Waals surface area contributed by atoms with Crippen molar-refractivity contribution in [2.75, 3.05) is 5.32 Å². The quantitative estimate of drug-likeness (QED) is 0.355. The number of nitrogens with zero attached hydrogens (tertiary/aromatic N) is 1. The molecule has 1 aliphatic rings. The molecule has 0 spiro atoms. The molecular formula is C24H24N4O2S2. The fraction of sp³-hybridized carbons (Fsp3) is 0.292. The molecule has 3 aromatic heterocycles. The van der Waals surface area contributed by atoms with Crippen LogP contribution in [0.5, 0.6) is 0 Å². The van der Waals surface area contributed by atoms with E-state index in [9.17, 15) is 9.59 Å². The molecule has 3 N–H and O–H groups in total. The molecule has 8 heteroatoms. The highest BCUT2D eigenvalue weighted by Gasteiger charge is 2.26. The Morgan fingerprint density at radius 2 is 2.00 bits per heavy atom. The van der Waals surface area contributed by atoms with Crippen LogP contribution < -0.4 is 10.6 Å². The molecule has 1 unspecified atom stereocenters. The van der Waals surface area contributed by atoms with Gasteiger partial charge in [-0.25, -0.2) is 4.98 Å². The summed E-state index contributed by atoms with van der Waals surface area (Å²) in [5.74, 6) is 0.538. The van der Waals surface area contributed by atoms with Gasteiger partial charge in [0.1, 0.15) is 10.8 Å². The Labute approximate surface area is 194 Å². The van der Waals surface area contributed by atoms with Gasteiger partial charge in [-0.3, -0.25) is 9.59 Å². The minimum Gasteiger partial charge on any atom is -0.348 e. The minimum atomic E-state index is -0.336. The van der Waals surface area contributed by atoms with Crippen LogP contribution in [-0.2, 0) is 22.4 Å². The predicted molar refractivity (Wildman–Crippen MR) is 130 cm³/mol. The number of thiophene rings is 2. The van der Waals surface area contributed by atoms with Crippen LogP contribution in [0.15, 0.2) is 41.8 Å². The van der Waals surface area contributed by atoms with E-state index in [4.69, 9.17) is 4.98 Å². The number of hydrogen-bond donors (Lipinski definition) is 3. The number of fused-ring (bicyclic) bond motifs is 2. The lowest BCUT2D eigenvalue weighted by Crippen LogP contribution is -2.29. The van der Waals surface area contributed by atoms with Crippen LogP contribution in [0.1, 0.15) is 47.5 Å². The maximum Gasteiger partial charge on any atom is 0.227 e. The molecule has 1 aromatic carbocycles. The summed E-state index contributed by atoms with van der Waals surface area (Å²) in [5.41, 5.74) is 4.21. The topological polar surface area (TPSA) is 86.9 Å². The first-order valence-corrected chi connectivity index (χ1v) is 12.5. The largest absolute Gasteiger partial charge is 0.348 e. The summed E-state index contributed by atoms with van der Waals surface area (Å²) in [6, 6.07) is 11.5. The molecule has 32 heavy (non-hydrogen) atoms. The summed E-state index contributed by atoms with van der Waals surface area (Å²) in [5, 5.41) is 8.85. The molecule has 2 amide bonds. The van der Waals surface area contributed by atoms with Crippen molar-refractivity contribution in [1.82, 2.24) is 15.3 Å². The highest BCUT2D eigenvalue weighted by molar-refractivity contribution is 7.17. The third kappa shape index (κ3) is 4.20. The molecular weight excluding hydrogens is 440 g/mol. The zero-order valence-corrected chi connectivity index (χ0v) is 19.4. The molecule has 0 saturated carbocycles. The van der Waals surface area contributed by atoms with Gasteiger partial charge in [-0.15, -0.1) is 22.7 Å². The Hall–Kier alpha value is -2.97. The number of benzene rings is 1. The van der Waals surface area contributed by atoms with Crippen LogP contribution in [-0.4, -0.2) is 21.8 Å². The number of imidazole rings is 1. The number of para-hydroxylation sites is 2. The maximum atomic E-state index is 13.1. The van der Waals surface area contributed by atoms with Crippen molar-refractivity contribution in [3.8, 4) is 11.4 Å². The van der Waals surface area contributed by atoms with Crippen LogP contribution in [0, 0.1) is 0 Å². The number of anilines is 1. The van der Waals surface area contributed by atoms with Crippen molar-refractivity contribution < 1.29 is 9.59 Å². The Kier molecular flexibility index (Phi) is 5.80. The Bertz CT molecular complexity index is 1240. The summed E-state index contributed by atoms with van der Waals surface area (Å²) >= 11 is 3.20. The molecule has 164 valence electrons. The van der Waals surface area contributed by atoms with Crippen LogP contribution in [0.4, 0.5) is 5.00 Å². The molecule has 0 aliphatic heterocycles. The van der Waals surface area contributed by atoms with Crippen LogP contribution in [0.25, 0.3) is 22.4 Å². The zero-order chi connectivity index (χ0) is 22.1. The van der Waals surface area contributed by atoms with E-state index in [-0.39, 0.29) is 24.3 Å². The van der Waals surface area contributed by atoms with Gasteiger partial charge in [0.05, 0.1) is 29.1 Å². The molecule has 6 nitrogen and oxygen atoms in total. The van der Waals surface area contributed by atoms with Crippen LogP contribution in [0.2, 0.25) is 0 Å². The molecule has 0 radical (unpaired) electrons. The van der Waals surface area contributed by atoms with Crippen molar-refractivity contribution in [3.05, 3.63) is 57.1 Å². The predicted octanol–water partition coefficient (Wildman–Crippen LogP) is 5.44. The van der Waals surface area contributed by atoms with E-state index in [1.165, 1.54) is 35.1 Å². The van der Waals surface area contributed by atoms with Gasteiger partial charge < -0.3 is 15.6 Å². The average molecular weight is 465 g/mol. The summed E-state index contributed by atoms with van der Waals surface area (Å²) in [4.78, 5) is 35.3. The number of hydrogen-bond acceptors (Lipinski definition) is 5. The Morgan fingerprint density at radius 1 is 1.16 bits per heavy atom. The van der Waals surface area contributed by atoms with E-state index in [1.807, 2.05) is 41.8 Å². The monoisotopic (exact) mass is 464 g/mol. The lowest BCUT2D eigenvalue weighted by Gasteiger charge is -2.16. The third-order valence-electron chi connectivity index (χ3n) is 5.70. The van der Waals surface area contributed by atoms with E-state index >= 15 is 0 Å². The number of aryl methyl sites for hydroxylation is 1.